The summed E-state index contributed by atoms with van der Waals surface area (Å²) >= 11 is 0. The Balaban J connectivity index is 2.27. The van der Waals surface area contributed by atoms with Crippen LogP contribution in [0.5, 0.6) is 0 Å². The summed E-state index contributed by atoms with van der Waals surface area (Å²) in [6.45, 7) is 1.34. The minimum atomic E-state index is -0.0343. The van der Waals surface area contributed by atoms with Crippen LogP contribution in [-0.4, -0.2) is 38.8 Å². The smallest absolute Gasteiger partial charge is 0.234 e. The number of nitriles is 1. The van der Waals surface area contributed by atoms with E-state index >= 15 is 0 Å². The van der Waals surface area contributed by atoms with Gasteiger partial charge in [0.15, 0.2) is 0 Å². The third-order valence-corrected chi connectivity index (χ3v) is 3.33. The summed E-state index contributed by atoms with van der Waals surface area (Å²) in [7, 11) is 1.60. The maximum atomic E-state index is 11.5. The first-order valence-electron chi connectivity index (χ1n) is 6.66. The number of hydrogen-bond donors (Lipinski definition) is 2. The largest absolute Gasteiger partial charge is 0.383 e. The van der Waals surface area contributed by atoms with Gasteiger partial charge in [-0.1, -0.05) is 19.3 Å². The summed E-state index contributed by atoms with van der Waals surface area (Å²) in [5.74, 6) is 0.00672. The molecule has 1 saturated carbocycles. The van der Waals surface area contributed by atoms with Gasteiger partial charge in [0.05, 0.1) is 25.1 Å². The number of carbonyl (C=O) groups is 1. The number of carbonyl (C=O) groups excluding carboxylic acids is 1. The first-order valence-corrected chi connectivity index (χ1v) is 6.66. The van der Waals surface area contributed by atoms with Gasteiger partial charge in [0.2, 0.25) is 5.91 Å². The number of ether oxygens (including phenoxy) is 1. The number of hydrogen-bond acceptors (Lipinski definition) is 4. The molecule has 0 aromatic rings. The zero-order chi connectivity index (χ0) is 13.2. The van der Waals surface area contributed by atoms with E-state index in [1.807, 2.05) is 0 Å². The van der Waals surface area contributed by atoms with Crippen molar-refractivity contribution in [2.24, 2.45) is 5.92 Å². The van der Waals surface area contributed by atoms with E-state index in [2.05, 4.69) is 16.7 Å². The zero-order valence-electron chi connectivity index (χ0n) is 11.1. The summed E-state index contributed by atoms with van der Waals surface area (Å²) in [4.78, 5) is 11.5. The summed E-state index contributed by atoms with van der Waals surface area (Å²) in [5.41, 5.74) is 0. The summed E-state index contributed by atoms with van der Waals surface area (Å²) in [6, 6.07) is 2.51. The van der Waals surface area contributed by atoms with E-state index in [4.69, 9.17) is 10.00 Å². The number of rotatable bonds is 6. The predicted molar refractivity (Wildman–Crippen MR) is 68.9 cm³/mol. The van der Waals surface area contributed by atoms with Crippen molar-refractivity contribution in [3.8, 4) is 6.07 Å². The molecule has 5 nitrogen and oxygen atoms in total. The molecular formula is C13H23N3O2. The topological polar surface area (TPSA) is 74.2 Å². The van der Waals surface area contributed by atoms with Gasteiger partial charge in [-0.05, 0) is 12.8 Å². The first-order chi connectivity index (χ1) is 8.77. The SMILES string of the molecule is COCCNC(=O)CNC1CCCCCC1C#N. The molecule has 0 aliphatic heterocycles. The van der Waals surface area contributed by atoms with Crippen LogP contribution in [0.2, 0.25) is 0 Å². The normalized spacial score (nSPS) is 24.0. The Morgan fingerprint density at radius 3 is 2.89 bits per heavy atom. The second kappa shape index (κ2) is 8.90. The van der Waals surface area contributed by atoms with Crippen LogP contribution in [0, 0.1) is 17.2 Å². The molecule has 1 rings (SSSR count). The zero-order valence-corrected chi connectivity index (χ0v) is 11.1. The molecule has 0 spiro atoms. The van der Waals surface area contributed by atoms with Crippen LogP contribution in [-0.2, 0) is 9.53 Å². The maximum absolute atomic E-state index is 11.5. The molecule has 18 heavy (non-hydrogen) atoms. The third-order valence-electron chi connectivity index (χ3n) is 3.33. The molecule has 0 saturated heterocycles. The van der Waals surface area contributed by atoms with E-state index in [0.29, 0.717) is 13.2 Å². The summed E-state index contributed by atoms with van der Waals surface area (Å²) in [5, 5.41) is 15.1. The molecule has 102 valence electrons. The quantitative estimate of drug-likeness (QED) is 0.542. The fourth-order valence-corrected chi connectivity index (χ4v) is 2.29. The first kappa shape index (κ1) is 14.9. The molecule has 1 amide bonds. The lowest BCUT2D eigenvalue weighted by Crippen LogP contribution is -2.42. The number of amides is 1. The van der Waals surface area contributed by atoms with Crippen molar-refractivity contribution in [2.45, 2.75) is 38.1 Å². The van der Waals surface area contributed by atoms with Crippen molar-refractivity contribution < 1.29 is 9.53 Å². The molecule has 0 aromatic heterocycles. The van der Waals surface area contributed by atoms with Gasteiger partial charge in [0.1, 0.15) is 0 Å². The Kier molecular flexibility index (Phi) is 7.38. The Hall–Kier alpha value is -1.12. The fraction of sp³-hybridized carbons (Fsp3) is 0.846. The second-order valence-corrected chi connectivity index (χ2v) is 4.70. The lowest BCUT2D eigenvalue weighted by atomic mass is 9.96. The van der Waals surface area contributed by atoms with Crippen LogP contribution in [0.1, 0.15) is 32.1 Å². The molecule has 1 aliphatic rings. The van der Waals surface area contributed by atoms with Crippen LogP contribution in [0.4, 0.5) is 0 Å². The Labute approximate surface area is 109 Å². The van der Waals surface area contributed by atoms with Gasteiger partial charge >= 0.3 is 0 Å². The standard InChI is InChI=1S/C13H23N3O2/c1-18-8-7-15-13(17)10-16-12-6-4-2-3-5-11(12)9-14/h11-12,16H,2-8,10H2,1H3,(H,15,17). The van der Waals surface area contributed by atoms with Gasteiger partial charge < -0.3 is 15.4 Å². The average molecular weight is 253 g/mol. The number of nitrogens with zero attached hydrogens (tertiary/aromatic N) is 1. The number of nitrogens with one attached hydrogen (secondary N) is 2. The summed E-state index contributed by atoms with van der Waals surface area (Å²) in [6.07, 6.45) is 5.39. The van der Waals surface area contributed by atoms with E-state index in [9.17, 15) is 4.79 Å². The lowest BCUT2D eigenvalue weighted by molar-refractivity contribution is -0.120. The van der Waals surface area contributed by atoms with Gasteiger partial charge in [-0.3, -0.25) is 4.79 Å². The molecule has 2 unspecified atom stereocenters. The second-order valence-electron chi connectivity index (χ2n) is 4.70. The highest BCUT2D eigenvalue weighted by atomic mass is 16.5. The van der Waals surface area contributed by atoms with Gasteiger partial charge in [0, 0.05) is 19.7 Å². The summed E-state index contributed by atoms with van der Waals surface area (Å²) < 4.78 is 4.86. The van der Waals surface area contributed by atoms with Crippen LogP contribution in [0.25, 0.3) is 0 Å². The van der Waals surface area contributed by atoms with Crippen molar-refractivity contribution in [1.29, 1.82) is 5.26 Å². The highest BCUT2D eigenvalue weighted by molar-refractivity contribution is 5.77. The molecule has 2 atom stereocenters. The lowest BCUT2D eigenvalue weighted by Gasteiger charge is -2.20. The maximum Gasteiger partial charge on any atom is 0.234 e. The van der Waals surface area contributed by atoms with Gasteiger partial charge in [-0.25, -0.2) is 0 Å². The highest BCUT2D eigenvalue weighted by Gasteiger charge is 2.23. The fourth-order valence-electron chi connectivity index (χ4n) is 2.29. The van der Waals surface area contributed by atoms with Crippen LogP contribution >= 0.6 is 0 Å². The van der Waals surface area contributed by atoms with Crippen LogP contribution in [0.3, 0.4) is 0 Å². The molecule has 2 N–H and O–H groups in total. The van der Waals surface area contributed by atoms with Gasteiger partial charge in [0.25, 0.3) is 0 Å². The minimum absolute atomic E-state index is 0.0343. The molecule has 1 fully saturated rings. The van der Waals surface area contributed by atoms with E-state index in [-0.39, 0.29) is 24.4 Å². The van der Waals surface area contributed by atoms with E-state index < -0.39 is 0 Å². The van der Waals surface area contributed by atoms with Gasteiger partial charge in [-0.15, -0.1) is 0 Å². The Morgan fingerprint density at radius 2 is 2.17 bits per heavy atom. The highest BCUT2D eigenvalue weighted by Crippen LogP contribution is 2.22. The van der Waals surface area contributed by atoms with E-state index in [1.54, 1.807) is 7.11 Å². The molecule has 5 heteroatoms. The molecule has 1 aliphatic carbocycles. The van der Waals surface area contributed by atoms with Gasteiger partial charge in [-0.2, -0.15) is 5.26 Å². The molecule has 0 bridgehead atoms. The molecule has 0 heterocycles. The molecule has 0 radical (unpaired) electrons. The van der Waals surface area contributed by atoms with E-state index in [0.717, 1.165) is 25.7 Å². The number of methoxy groups -OCH3 is 1. The monoisotopic (exact) mass is 253 g/mol. The third kappa shape index (κ3) is 5.48. The molecule has 0 aromatic carbocycles. The van der Waals surface area contributed by atoms with Crippen molar-refractivity contribution >= 4 is 5.91 Å². The van der Waals surface area contributed by atoms with Crippen molar-refractivity contribution in [3.63, 3.8) is 0 Å². The minimum Gasteiger partial charge on any atom is -0.383 e. The van der Waals surface area contributed by atoms with E-state index in [1.165, 1.54) is 6.42 Å². The Morgan fingerprint density at radius 1 is 1.39 bits per heavy atom. The average Bonchev–Trinajstić information content (AvgIpc) is 2.61. The van der Waals surface area contributed by atoms with Crippen LogP contribution < -0.4 is 10.6 Å². The Bertz CT molecular complexity index is 288. The molecular weight excluding hydrogens is 230 g/mol. The van der Waals surface area contributed by atoms with Crippen molar-refractivity contribution in [3.05, 3.63) is 0 Å². The van der Waals surface area contributed by atoms with Crippen molar-refractivity contribution in [1.82, 2.24) is 10.6 Å². The predicted octanol–water partition coefficient (Wildman–Crippen LogP) is 0.811. The van der Waals surface area contributed by atoms with Crippen LogP contribution in [0.15, 0.2) is 0 Å². The van der Waals surface area contributed by atoms with Crippen molar-refractivity contribution in [2.75, 3.05) is 26.8 Å².